The molecule has 7 aromatic rings. The first-order chi connectivity index (χ1) is 24.6. The summed E-state index contributed by atoms with van der Waals surface area (Å²) >= 11 is 0. The lowest BCUT2D eigenvalue weighted by molar-refractivity contribution is -0.384. The largest absolute Gasteiger partial charge is 0.347 e. The van der Waals surface area contributed by atoms with Crippen LogP contribution < -0.4 is 4.90 Å². The zero-order valence-corrected chi connectivity index (χ0v) is 27.6. The summed E-state index contributed by atoms with van der Waals surface area (Å²) in [5.41, 5.74) is 6.07. The molecule has 5 aromatic carbocycles. The first kappa shape index (κ1) is 32.1. The molecule has 0 atom stereocenters. The molecule has 0 saturated carbocycles. The predicted octanol–water partition coefficient (Wildman–Crippen LogP) is 8.57. The number of nitro groups is 1. The quantitative estimate of drug-likeness (QED) is 0.0737. The van der Waals surface area contributed by atoms with Crippen LogP contribution in [0.3, 0.4) is 0 Å². The second kappa shape index (κ2) is 14.3. The highest BCUT2D eigenvalue weighted by Crippen LogP contribution is 2.43. The molecule has 0 saturated heterocycles. The Kier molecular flexibility index (Phi) is 9.20. The van der Waals surface area contributed by atoms with Crippen LogP contribution in [0.5, 0.6) is 0 Å². The summed E-state index contributed by atoms with van der Waals surface area (Å²) in [5.74, 6) is 0.997. The average Bonchev–Trinajstić information content (AvgIpc) is 3.67. The van der Waals surface area contributed by atoms with E-state index in [0.29, 0.717) is 24.7 Å². The molecule has 0 radical (unpaired) electrons. The first-order valence-corrected chi connectivity index (χ1v) is 16.6. The number of benzene rings is 5. The summed E-state index contributed by atoms with van der Waals surface area (Å²) in [7, 11) is 0. The molecule has 7 rings (SSSR count). The predicted molar refractivity (Wildman–Crippen MR) is 196 cm³/mol. The van der Waals surface area contributed by atoms with E-state index in [1.165, 1.54) is 6.07 Å². The fourth-order valence-corrected chi connectivity index (χ4v) is 6.73. The van der Waals surface area contributed by atoms with Crippen LogP contribution in [0, 0.1) is 10.1 Å². The molecule has 0 spiro atoms. The van der Waals surface area contributed by atoms with Crippen LogP contribution in [0.15, 0.2) is 158 Å². The molecule has 9 nitrogen and oxygen atoms in total. The van der Waals surface area contributed by atoms with E-state index in [2.05, 4.69) is 95.0 Å². The summed E-state index contributed by atoms with van der Waals surface area (Å²) in [4.78, 5) is 17.7. The molecule has 0 bridgehead atoms. The highest BCUT2D eigenvalue weighted by atomic mass is 16.6. The van der Waals surface area contributed by atoms with Gasteiger partial charge in [0.25, 0.3) is 0 Å². The molecule has 0 N–H and O–H groups in total. The molecule has 0 aliphatic carbocycles. The number of aromatic nitrogens is 5. The molecule has 0 fully saturated rings. The van der Waals surface area contributed by atoms with Crippen LogP contribution in [0.4, 0.5) is 11.5 Å². The van der Waals surface area contributed by atoms with E-state index < -0.39 is 5.54 Å². The van der Waals surface area contributed by atoms with E-state index in [1.54, 1.807) is 12.3 Å². The summed E-state index contributed by atoms with van der Waals surface area (Å²) in [6.07, 6.45) is 2.42. The van der Waals surface area contributed by atoms with Crippen LogP contribution >= 0.6 is 0 Å². The van der Waals surface area contributed by atoms with E-state index in [1.807, 2.05) is 76.3 Å². The average molecular weight is 658 g/mol. The fraction of sp³-hybridized carbons (Fsp3) is 0.122. The second-order valence-electron chi connectivity index (χ2n) is 12.0. The minimum absolute atomic E-state index is 0.00167. The number of hydrogen-bond donors (Lipinski definition) is 0. The van der Waals surface area contributed by atoms with Gasteiger partial charge in [-0.15, -0.1) is 5.10 Å². The molecular formula is C41H35N7O2. The summed E-state index contributed by atoms with van der Waals surface area (Å²) < 4.78 is 1.95. The lowest BCUT2D eigenvalue weighted by Crippen LogP contribution is -2.39. The van der Waals surface area contributed by atoms with E-state index >= 15 is 0 Å². The minimum atomic E-state index is -0.879. The van der Waals surface area contributed by atoms with Crippen LogP contribution in [0.25, 0.3) is 22.5 Å². The van der Waals surface area contributed by atoms with Crippen molar-refractivity contribution in [1.29, 1.82) is 0 Å². The number of hydrogen-bond acceptors (Lipinski definition) is 7. The molecule has 246 valence electrons. The van der Waals surface area contributed by atoms with Gasteiger partial charge in [-0.1, -0.05) is 146 Å². The molecule has 0 amide bonds. The number of rotatable bonds is 12. The standard InChI is InChI=1S/C41H35N7O2/c1-2-29-46(40-38(48(49)50)23-14-28-42-40)30-31-24-26-32(27-25-31)36-21-12-13-22-37(36)39-43-44-45-47(39)41(33-15-6-3-7-16-33,34-17-8-4-9-18-34)35-19-10-5-11-20-35/h3-28H,2,29-30H2,1H3. The van der Waals surface area contributed by atoms with Crippen LogP contribution in [-0.4, -0.2) is 36.7 Å². The summed E-state index contributed by atoms with van der Waals surface area (Å²) in [6.45, 7) is 3.17. The van der Waals surface area contributed by atoms with Gasteiger partial charge in [0.2, 0.25) is 5.82 Å². The Morgan fingerprint density at radius 2 is 1.26 bits per heavy atom. The Morgan fingerprint density at radius 1 is 0.700 bits per heavy atom. The number of nitrogens with zero attached hydrogens (tertiary/aromatic N) is 7. The van der Waals surface area contributed by atoms with Crippen molar-refractivity contribution in [2.75, 3.05) is 11.4 Å². The third-order valence-corrected chi connectivity index (χ3v) is 8.92. The molecule has 0 aliphatic rings. The van der Waals surface area contributed by atoms with Crippen molar-refractivity contribution in [2.24, 2.45) is 0 Å². The fourth-order valence-electron chi connectivity index (χ4n) is 6.73. The van der Waals surface area contributed by atoms with Crippen LogP contribution in [0.2, 0.25) is 0 Å². The molecule has 0 unspecified atom stereocenters. The normalized spacial score (nSPS) is 11.3. The Morgan fingerprint density at radius 3 is 1.82 bits per heavy atom. The smallest absolute Gasteiger partial charge is 0.311 e. The minimum Gasteiger partial charge on any atom is -0.347 e. The van der Waals surface area contributed by atoms with Crippen molar-refractivity contribution in [3.8, 4) is 22.5 Å². The van der Waals surface area contributed by atoms with E-state index in [0.717, 1.165) is 45.4 Å². The van der Waals surface area contributed by atoms with Gasteiger partial charge < -0.3 is 4.90 Å². The molecule has 2 heterocycles. The number of tetrazole rings is 1. The Labute approximate surface area is 290 Å². The maximum Gasteiger partial charge on any atom is 0.311 e. The lowest BCUT2D eigenvalue weighted by atomic mass is 9.77. The van der Waals surface area contributed by atoms with E-state index in [-0.39, 0.29) is 10.6 Å². The molecule has 50 heavy (non-hydrogen) atoms. The lowest BCUT2D eigenvalue weighted by Gasteiger charge is -2.36. The van der Waals surface area contributed by atoms with Crippen molar-refractivity contribution in [3.63, 3.8) is 0 Å². The van der Waals surface area contributed by atoms with Crippen molar-refractivity contribution >= 4 is 11.5 Å². The van der Waals surface area contributed by atoms with Gasteiger partial charge in [-0.25, -0.2) is 9.67 Å². The van der Waals surface area contributed by atoms with Gasteiger partial charge in [-0.05, 0) is 56.3 Å². The second-order valence-corrected chi connectivity index (χ2v) is 12.0. The van der Waals surface area contributed by atoms with Gasteiger partial charge in [0.1, 0.15) is 5.54 Å². The van der Waals surface area contributed by atoms with Gasteiger partial charge in [-0.3, -0.25) is 10.1 Å². The number of anilines is 1. The first-order valence-electron chi connectivity index (χ1n) is 16.6. The van der Waals surface area contributed by atoms with Crippen LogP contribution in [-0.2, 0) is 12.1 Å². The third kappa shape index (κ3) is 6.01. The Hall–Kier alpha value is -6.48. The molecular weight excluding hydrogens is 622 g/mol. The maximum absolute atomic E-state index is 11.8. The van der Waals surface area contributed by atoms with Crippen molar-refractivity contribution in [1.82, 2.24) is 25.2 Å². The Bertz CT molecular complexity index is 2090. The van der Waals surface area contributed by atoms with Gasteiger partial charge in [0, 0.05) is 30.9 Å². The zero-order chi connectivity index (χ0) is 34.3. The molecule has 9 heteroatoms. The SMILES string of the molecule is CCCN(Cc1ccc(-c2ccccc2-c2nnnn2C(c2ccccc2)(c2ccccc2)c2ccccc2)cc1)c1ncccc1[N+](=O)[O-]. The van der Waals surface area contributed by atoms with Crippen molar-refractivity contribution in [2.45, 2.75) is 25.4 Å². The van der Waals surface area contributed by atoms with Gasteiger partial charge in [0.15, 0.2) is 5.82 Å². The molecule has 2 aromatic heterocycles. The van der Waals surface area contributed by atoms with Crippen LogP contribution in [0.1, 0.15) is 35.6 Å². The van der Waals surface area contributed by atoms with E-state index in [4.69, 9.17) is 5.21 Å². The van der Waals surface area contributed by atoms with Crippen molar-refractivity contribution in [3.05, 3.63) is 190 Å². The highest BCUT2D eigenvalue weighted by Gasteiger charge is 2.42. The van der Waals surface area contributed by atoms with Gasteiger partial charge in [-0.2, -0.15) is 0 Å². The maximum atomic E-state index is 11.8. The zero-order valence-electron chi connectivity index (χ0n) is 27.6. The third-order valence-electron chi connectivity index (χ3n) is 8.92. The van der Waals surface area contributed by atoms with Crippen molar-refractivity contribution < 1.29 is 4.92 Å². The summed E-state index contributed by atoms with van der Waals surface area (Å²) in [5, 5.41) is 25.5. The van der Waals surface area contributed by atoms with E-state index in [9.17, 15) is 10.1 Å². The topological polar surface area (TPSA) is 103 Å². The monoisotopic (exact) mass is 657 g/mol. The molecule has 0 aliphatic heterocycles. The Balaban J connectivity index is 1.32. The highest BCUT2D eigenvalue weighted by molar-refractivity contribution is 5.81. The van der Waals surface area contributed by atoms with Gasteiger partial charge in [0.05, 0.1) is 4.92 Å². The van der Waals surface area contributed by atoms with Gasteiger partial charge >= 0.3 is 5.69 Å². The number of pyridine rings is 1. The summed E-state index contributed by atoms with van der Waals surface area (Å²) in [6, 6.07) is 50.6.